The van der Waals surface area contributed by atoms with Gasteiger partial charge in [0, 0.05) is 0 Å². The SMILES string of the molecule is CCC(C(C)C)C(C)C1(CC)CCCCC1. The lowest BCUT2D eigenvalue weighted by Gasteiger charge is -2.46. The summed E-state index contributed by atoms with van der Waals surface area (Å²) in [6, 6.07) is 0. The van der Waals surface area contributed by atoms with E-state index in [0.717, 1.165) is 17.8 Å². The molecule has 0 heterocycles. The monoisotopic (exact) mass is 224 g/mol. The summed E-state index contributed by atoms with van der Waals surface area (Å²) in [4.78, 5) is 0. The number of rotatable bonds is 5. The minimum atomic E-state index is 0.684. The van der Waals surface area contributed by atoms with Gasteiger partial charge in [-0.2, -0.15) is 0 Å². The van der Waals surface area contributed by atoms with Crippen molar-refractivity contribution in [3.63, 3.8) is 0 Å². The zero-order valence-corrected chi connectivity index (χ0v) is 12.2. The Bertz CT molecular complexity index is 186. The lowest BCUT2D eigenvalue weighted by molar-refractivity contribution is 0.0410. The second-order valence-electron chi connectivity index (χ2n) is 6.38. The van der Waals surface area contributed by atoms with Crippen LogP contribution in [-0.2, 0) is 0 Å². The Kier molecular flexibility index (Phi) is 5.34. The fourth-order valence-corrected chi connectivity index (χ4v) is 4.24. The van der Waals surface area contributed by atoms with E-state index in [9.17, 15) is 0 Å². The third-order valence-electron chi connectivity index (χ3n) is 5.49. The highest BCUT2D eigenvalue weighted by atomic mass is 14.4. The van der Waals surface area contributed by atoms with Crippen molar-refractivity contribution in [2.45, 2.75) is 79.6 Å². The summed E-state index contributed by atoms with van der Waals surface area (Å²) in [6.45, 7) is 12.2. The van der Waals surface area contributed by atoms with Crippen LogP contribution in [0.5, 0.6) is 0 Å². The van der Waals surface area contributed by atoms with Crippen LogP contribution in [-0.4, -0.2) is 0 Å². The Labute approximate surface area is 103 Å². The summed E-state index contributed by atoms with van der Waals surface area (Å²) in [5, 5.41) is 0. The normalized spacial score (nSPS) is 24.4. The van der Waals surface area contributed by atoms with Crippen molar-refractivity contribution in [2.24, 2.45) is 23.2 Å². The van der Waals surface area contributed by atoms with E-state index in [0.29, 0.717) is 5.41 Å². The van der Waals surface area contributed by atoms with Crippen LogP contribution in [0.15, 0.2) is 0 Å². The van der Waals surface area contributed by atoms with Gasteiger partial charge in [0.1, 0.15) is 0 Å². The summed E-state index contributed by atoms with van der Waals surface area (Å²) < 4.78 is 0. The van der Waals surface area contributed by atoms with Gasteiger partial charge in [-0.25, -0.2) is 0 Å². The molecule has 0 aromatic rings. The van der Waals surface area contributed by atoms with E-state index in [1.807, 2.05) is 0 Å². The van der Waals surface area contributed by atoms with Crippen LogP contribution in [0, 0.1) is 23.2 Å². The van der Waals surface area contributed by atoms with Gasteiger partial charge in [-0.1, -0.05) is 66.7 Å². The van der Waals surface area contributed by atoms with Crippen molar-refractivity contribution >= 4 is 0 Å². The standard InChI is InChI=1S/C16H32/c1-6-15(13(3)4)14(5)16(7-2)11-9-8-10-12-16/h13-15H,6-12H2,1-5H3. The Morgan fingerprint density at radius 1 is 0.938 bits per heavy atom. The molecule has 0 spiro atoms. The molecule has 2 atom stereocenters. The molecule has 1 fully saturated rings. The van der Waals surface area contributed by atoms with Crippen LogP contribution in [0.1, 0.15) is 79.6 Å². The van der Waals surface area contributed by atoms with E-state index >= 15 is 0 Å². The fraction of sp³-hybridized carbons (Fsp3) is 1.00. The number of hydrogen-bond donors (Lipinski definition) is 0. The van der Waals surface area contributed by atoms with E-state index in [1.165, 1.54) is 44.9 Å². The fourth-order valence-electron chi connectivity index (χ4n) is 4.24. The molecule has 96 valence electrons. The second kappa shape index (κ2) is 6.07. The molecular formula is C16H32. The Morgan fingerprint density at radius 2 is 1.50 bits per heavy atom. The van der Waals surface area contributed by atoms with Gasteiger partial charge in [0.05, 0.1) is 0 Å². The zero-order chi connectivity index (χ0) is 12.2. The summed E-state index contributed by atoms with van der Waals surface area (Å²) in [5.41, 5.74) is 0.684. The number of hydrogen-bond acceptors (Lipinski definition) is 0. The van der Waals surface area contributed by atoms with Gasteiger partial charge in [-0.05, 0) is 36.0 Å². The Balaban J connectivity index is 2.77. The van der Waals surface area contributed by atoms with Crippen molar-refractivity contribution < 1.29 is 0 Å². The zero-order valence-electron chi connectivity index (χ0n) is 12.2. The van der Waals surface area contributed by atoms with Crippen LogP contribution >= 0.6 is 0 Å². The maximum atomic E-state index is 2.54. The molecule has 0 aromatic carbocycles. The van der Waals surface area contributed by atoms with E-state index in [4.69, 9.17) is 0 Å². The van der Waals surface area contributed by atoms with Crippen molar-refractivity contribution in [1.82, 2.24) is 0 Å². The highest BCUT2D eigenvalue weighted by molar-refractivity contribution is 4.89. The van der Waals surface area contributed by atoms with Crippen molar-refractivity contribution in [3.8, 4) is 0 Å². The molecule has 0 aliphatic heterocycles. The van der Waals surface area contributed by atoms with Crippen LogP contribution < -0.4 is 0 Å². The molecule has 1 saturated carbocycles. The molecule has 0 saturated heterocycles. The van der Waals surface area contributed by atoms with Crippen LogP contribution in [0.25, 0.3) is 0 Å². The first-order valence-electron chi connectivity index (χ1n) is 7.57. The maximum Gasteiger partial charge on any atom is -0.0272 e. The predicted molar refractivity (Wildman–Crippen MR) is 73.6 cm³/mol. The molecule has 0 bridgehead atoms. The average Bonchev–Trinajstić information content (AvgIpc) is 2.30. The minimum absolute atomic E-state index is 0.684. The molecule has 0 heteroatoms. The maximum absolute atomic E-state index is 2.54. The average molecular weight is 224 g/mol. The topological polar surface area (TPSA) is 0 Å². The van der Waals surface area contributed by atoms with Gasteiger partial charge in [0.2, 0.25) is 0 Å². The van der Waals surface area contributed by atoms with Crippen molar-refractivity contribution in [2.75, 3.05) is 0 Å². The molecule has 16 heavy (non-hydrogen) atoms. The third kappa shape index (κ3) is 2.81. The van der Waals surface area contributed by atoms with Gasteiger partial charge in [0.15, 0.2) is 0 Å². The molecular weight excluding hydrogens is 192 g/mol. The third-order valence-corrected chi connectivity index (χ3v) is 5.49. The van der Waals surface area contributed by atoms with E-state index in [1.54, 1.807) is 0 Å². The van der Waals surface area contributed by atoms with Crippen LogP contribution in [0.4, 0.5) is 0 Å². The molecule has 2 unspecified atom stereocenters. The highest BCUT2D eigenvalue weighted by Gasteiger charge is 2.39. The molecule has 1 aliphatic carbocycles. The van der Waals surface area contributed by atoms with Gasteiger partial charge in [-0.15, -0.1) is 0 Å². The van der Waals surface area contributed by atoms with E-state index in [2.05, 4.69) is 34.6 Å². The quantitative estimate of drug-likeness (QED) is 0.565. The van der Waals surface area contributed by atoms with E-state index in [-0.39, 0.29) is 0 Å². The van der Waals surface area contributed by atoms with Gasteiger partial charge < -0.3 is 0 Å². The summed E-state index contributed by atoms with van der Waals surface area (Å²) >= 11 is 0. The Hall–Kier alpha value is 0. The van der Waals surface area contributed by atoms with E-state index < -0.39 is 0 Å². The summed E-state index contributed by atoms with van der Waals surface area (Å²) in [5.74, 6) is 2.70. The smallest absolute Gasteiger partial charge is 0.0272 e. The minimum Gasteiger partial charge on any atom is -0.0651 e. The Morgan fingerprint density at radius 3 is 1.88 bits per heavy atom. The molecule has 0 N–H and O–H groups in total. The largest absolute Gasteiger partial charge is 0.0651 e. The van der Waals surface area contributed by atoms with Crippen molar-refractivity contribution in [3.05, 3.63) is 0 Å². The molecule has 1 aliphatic rings. The molecule has 0 nitrogen and oxygen atoms in total. The predicted octanol–water partition coefficient (Wildman–Crippen LogP) is 5.67. The molecule has 0 amide bonds. The van der Waals surface area contributed by atoms with Crippen LogP contribution in [0.2, 0.25) is 0 Å². The lowest BCUT2D eigenvalue weighted by Crippen LogP contribution is -2.36. The lowest BCUT2D eigenvalue weighted by atomic mass is 9.59. The first-order valence-corrected chi connectivity index (χ1v) is 7.57. The molecule has 0 aromatic heterocycles. The van der Waals surface area contributed by atoms with Crippen molar-refractivity contribution in [1.29, 1.82) is 0 Å². The first-order chi connectivity index (χ1) is 7.57. The molecule has 0 radical (unpaired) electrons. The summed E-state index contributed by atoms with van der Waals surface area (Å²) in [6.07, 6.45) is 10.2. The highest BCUT2D eigenvalue weighted by Crippen LogP contribution is 2.49. The second-order valence-corrected chi connectivity index (χ2v) is 6.38. The first kappa shape index (κ1) is 14.1. The summed E-state index contributed by atoms with van der Waals surface area (Å²) in [7, 11) is 0. The van der Waals surface area contributed by atoms with Gasteiger partial charge in [0.25, 0.3) is 0 Å². The van der Waals surface area contributed by atoms with Gasteiger partial charge in [-0.3, -0.25) is 0 Å². The molecule has 1 rings (SSSR count). The van der Waals surface area contributed by atoms with Gasteiger partial charge >= 0.3 is 0 Å². The van der Waals surface area contributed by atoms with Crippen LogP contribution in [0.3, 0.4) is 0 Å².